The van der Waals surface area contributed by atoms with Gasteiger partial charge in [-0.25, -0.2) is 4.79 Å². The third kappa shape index (κ3) is 2.54. The van der Waals surface area contributed by atoms with Crippen molar-refractivity contribution in [2.75, 3.05) is 18.4 Å². The van der Waals surface area contributed by atoms with E-state index in [1.165, 1.54) is 0 Å². The number of carbonyl (C=O) groups excluding carboxylic acids is 2. The molecule has 1 fully saturated rings. The highest BCUT2D eigenvalue weighted by molar-refractivity contribution is 6.02. The summed E-state index contributed by atoms with van der Waals surface area (Å²) in [7, 11) is 0. The van der Waals surface area contributed by atoms with Crippen LogP contribution in [-0.4, -0.2) is 36.0 Å². The molecule has 3 rings (SSSR count). The van der Waals surface area contributed by atoms with Crippen molar-refractivity contribution < 1.29 is 9.59 Å². The van der Waals surface area contributed by atoms with Crippen LogP contribution in [0.3, 0.4) is 0 Å². The predicted molar refractivity (Wildman–Crippen MR) is 82.1 cm³/mol. The molecule has 1 aliphatic heterocycles. The first kappa shape index (κ1) is 13.4. The van der Waals surface area contributed by atoms with Crippen LogP contribution in [0, 0.1) is 0 Å². The van der Waals surface area contributed by atoms with E-state index in [2.05, 4.69) is 10.6 Å². The van der Waals surface area contributed by atoms with Crippen LogP contribution in [0.25, 0.3) is 10.8 Å². The van der Waals surface area contributed by atoms with Gasteiger partial charge in [0.2, 0.25) is 5.91 Å². The van der Waals surface area contributed by atoms with Gasteiger partial charge in [-0.3, -0.25) is 4.79 Å². The molecule has 0 unspecified atom stereocenters. The van der Waals surface area contributed by atoms with Crippen LogP contribution in [0.15, 0.2) is 42.5 Å². The van der Waals surface area contributed by atoms with Crippen LogP contribution in [0.5, 0.6) is 0 Å². The summed E-state index contributed by atoms with van der Waals surface area (Å²) in [5, 5.41) is 7.72. The number of rotatable bonds is 1. The molecule has 5 heteroatoms. The van der Waals surface area contributed by atoms with Gasteiger partial charge in [0.25, 0.3) is 0 Å². The van der Waals surface area contributed by atoms with Crippen molar-refractivity contribution in [3.05, 3.63) is 42.5 Å². The maximum atomic E-state index is 12.4. The number of urea groups is 1. The normalized spacial score (nSPS) is 18.4. The number of carbonyl (C=O) groups is 2. The fraction of sp³-hybridized carbons (Fsp3) is 0.250. The number of amides is 3. The first-order valence-corrected chi connectivity index (χ1v) is 7.00. The quantitative estimate of drug-likeness (QED) is 0.842. The van der Waals surface area contributed by atoms with Gasteiger partial charge in [0.15, 0.2) is 0 Å². The van der Waals surface area contributed by atoms with Crippen molar-refractivity contribution in [1.29, 1.82) is 0 Å². The van der Waals surface area contributed by atoms with Gasteiger partial charge in [-0.1, -0.05) is 36.4 Å². The molecule has 1 heterocycles. The number of piperazine rings is 1. The number of benzene rings is 2. The van der Waals surface area contributed by atoms with E-state index in [0.717, 1.165) is 16.5 Å². The Kier molecular flexibility index (Phi) is 3.48. The molecule has 1 atom stereocenters. The van der Waals surface area contributed by atoms with Crippen molar-refractivity contribution in [2.24, 2.45) is 0 Å². The van der Waals surface area contributed by atoms with Gasteiger partial charge in [-0.05, 0) is 18.4 Å². The molecule has 1 saturated heterocycles. The average molecular weight is 283 g/mol. The Morgan fingerprint density at radius 2 is 2.00 bits per heavy atom. The van der Waals surface area contributed by atoms with Gasteiger partial charge < -0.3 is 15.5 Å². The van der Waals surface area contributed by atoms with E-state index in [9.17, 15) is 9.59 Å². The summed E-state index contributed by atoms with van der Waals surface area (Å²) in [5.74, 6) is -0.116. The summed E-state index contributed by atoms with van der Waals surface area (Å²) >= 11 is 0. The summed E-state index contributed by atoms with van der Waals surface area (Å²) in [5.41, 5.74) is 0.760. The molecule has 2 aromatic rings. The highest BCUT2D eigenvalue weighted by Crippen LogP contribution is 2.23. The predicted octanol–water partition coefficient (Wildman–Crippen LogP) is 2.19. The van der Waals surface area contributed by atoms with E-state index < -0.39 is 6.04 Å². The van der Waals surface area contributed by atoms with Crippen molar-refractivity contribution in [3.63, 3.8) is 0 Å². The molecule has 2 aromatic carbocycles. The molecule has 2 N–H and O–H groups in total. The van der Waals surface area contributed by atoms with Crippen molar-refractivity contribution >= 4 is 28.4 Å². The van der Waals surface area contributed by atoms with E-state index in [0.29, 0.717) is 13.1 Å². The van der Waals surface area contributed by atoms with Gasteiger partial charge >= 0.3 is 6.03 Å². The summed E-state index contributed by atoms with van der Waals surface area (Å²) in [4.78, 5) is 25.6. The third-order valence-electron chi connectivity index (χ3n) is 3.79. The Labute approximate surface area is 122 Å². The third-order valence-corrected chi connectivity index (χ3v) is 3.79. The molecule has 0 saturated carbocycles. The number of fused-ring (bicyclic) bond motifs is 1. The number of hydrogen-bond donors (Lipinski definition) is 2. The number of hydrogen-bond acceptors (Lipinski definition) is 2. The molecule has 0 aliphatic carbocycles. The fourth-order valence-electron chi connectivity index (χ4n) is 2.58. The average Bonchev–Trinajstić information content (AvgIpc) is 2.50. The number of nitrogens with one attached hydrogen (secondary N) is 2. The van der Waals surface area contributed by atoms with Gasteiger partial charge in [0, 0.05) is 18.5 Å². The molecular formula is C16H17N3O2. The molecular weight excluding hydrogens is 266 g/mol. The summed E-state index contributed by atoms with van der Waals surface area (Å²) in [6.07, 6.45) is 0. The van der Waals surface area contributed by atoms with Crippen LogP contribution in [-0.2, 0) is 4.79 Å². The SMILES string of the molecule is C[C@H]1C(=O)NCCN1C(=O)Nc1cccc2ccccc12. The molecule has 21 heavy (non-hydrogen) atoms. The van der Waals surface area contributed by atoms with Crippen LogP contribution >= 0.6 is 0 Å². The zero-order valence-electron chi connectivity index (χ0n) is 11.8. The second-order valence-corrected chi connectivity index (χ2v) is 5.12. The minimum atomic E-state index is -0.450. The summed E-state index contributed by atoms with van der Waals surface area (Å²) in [6.45, 7) is 2.74. The molecule has 5 nitrogen and oxygen atoms in total. The van der Waals surface area contributed by atoms with Crippen LogP contribution < -0.4 is 10.6 Å². The van der Waals surface area contributed by atoms with Gasteiger partial charge in [-0.15, -0.1) is 0 Å². The van der Waals surface area contributed by atoms with Gasteiger partial charge in [0.05, 0.1) is 5.69 Å². The first-order chi connectivity index (χ1) is 10.2. The Morgan fingerprint density at radius 1 is 1.24 bits per heavy atom. The van der Waals surface area contributed by atoms with E-state index in [-0.39, 0.29) is 11.9 Å². The lowest BCUT2D eigenvalue weighted by atomic mass is 10.1. The van der Waals surface area contributed by atoms with E-state index in [1.54, 1.807) is 11.8 Å². The smallest absolute Gasteiger partial charge is 0.322 e. The second-order valence-electron chi connectivity index (χ2n) is 5.12. The lowest BCUT2D eigenvalue weighted by Crippen LogP contribution is -2.56. The molecule has 0 spiro atoms. The highest BCUT2D eigenvalue weighted by Gasteiger charge is 2.29. The number of nitrogens with zero attached hydrogens (tertiary/aromatic N) is 1. The van der Waals surface area contributed by atoms with Crippen molar-refractivity contribution in [3.8, 4) is 0 Å². The van der Waals surface area contributed by atoms with Gasteiger partial charge in [-0.2, -0.15) is 0 Å². The highest BCUT2D eigenvalue weighted by atomic mass is 16.2. The minimum Gasteiger partial charge on any atom is -0.353 e. The Hall–Kier alpha value is -2.56. The van der Waals surface area contributed by atoms with Gasteiger partial charge in [0.1, 0.15) is 6.04 Å². The van der Waals surface area contributed by atoms with Crippen molar-refractivity contribution in [2.45, 2.75) is 13.0 Å². The summed E-state index contributed by atoms with van der Waals surface area (Å²) in [6, 6.07) is 13.0. The Morgan fingerprint density at radius 3 is 2.86 bits per heavy atom. The lowest BCUT2D eigenvalue weighted by molar-refractivity contribution is -0.126. The zero-order valence-corrected chi connectivity index (χ0v) is 11.8. The lowest BCUT2D eigenvalue weighted by Gasteiger charge is -2.32. The molecule has 108 valence electrons. The first-order valence-electron chi connectivity index (χ1n) is 7.00. The maximum absolute atomic E-state index is 12.4. The maximum Gasteiger partial charge on any atom is 0.322 e. The molecule has 0 aromatic heterocycles. The molecule has 1 aliphatic rings. The standard InChI is InChI=1S/C16H17N3O2/c1-11-15(20)17-9-10-19(11)16(21)18-14-8-4-6-12-5-2-3-7-13(12)14/h2-8,11H,9-10H2,1H3,(H,17,20)(H,18,21)/t11-/m0/s1. The second kappa shape index (κ2) is 5.44. The molecule has 3 amide bonds. The fourth-order valence-corrected chi connectivity index (χ4v) is 2.58. The van der Waals surface area contributed by atoms with Crippen LogP contribution in [0.2, 0.25) is 0 Å². The van der Waals surface area contributed by atoms with Crippen LogP contribution in [0.1, 0.15) is 6.92 Å². The summed E-state index contributed by atoms with van der Waals surface area (Å²) < 4.78 is 0. The Bertz CT molecular complexity index is 693. The molecule has 0 bridgehead atoms. The monoisotopic (exact) mass is 283 g/mol. The number of anilines is 1. The van der Waals surface area contributed by atoms with Crippen molar-refractivity contribution in [1.82, 2.24) is 10.2 Å². The molecule has 0 radical (unpaired) electrons. The zero-order chi connectivity index (χ0) is 14.8. The topological polar surface area (TPSA) is 61.4 Å². The van der Waals surface area contributed by atoms with Crippen LogP contribution in [0.4, 0.5) is 10.5 Å². The largest absolute Gasteiger partial charge is 0.353 e. The van der Waals surface area contributed by atoms with E-state index in [1.807, 2.05) is 42.5 Å². The van der Waals surface area contributed by atoms with E-state index >= 15 is 0 Å². The Balaban J connectivity index is 1.85. The minimum absolute atomic E-state index is 0.116. The van der Waals surface area contributed by atoms with E-state index in [4.69, 9.17) is 0 Å².